The lowest BCUT2D eigenvalue weighted by molar-refractivity contribution is 0.0723. The zero-order valence-corrected chi connectivity index (χ0v) is 21.3. The molecule has 11 nitrogen and oxygen atoms in total. The fraction of sp³-hybridized carbons (Fsp3) is 0.148. The first kappa shape index (κ1) is 24.4. The van der Waals surface area contributed by atoms with E-state index >= 15 is 0 Å². The van der Waals surface area contributed by atoms with Crippen LogP contribution in [0.25, 0.3) is 16.8 Å². The molecule has 5 heterocycles. The average Bonchev–Trinajstić information content (AvgIpc) is 3.59. The number of halogens is 1. The summed E-state index contributed by atoms with van der Waals surface area (Å²) < 4.78 is 1.88. The third-order valence-corrected chi connectivity index (χ3v) is 6.78. The number of carbonyl (C=O) groups excluding carboxylic acids is 2. The number of hydrogen-bond acceptors (Lipinski definition) is 8. The van der Waals surface area contributed by atoms with Gasteiger partial charge in [-0.15, -0.1) is 0 Å². The molecular formula is C27H22ClN9O2. The Balaban J connectivity index is 1.35. The highest BCUT2D eigenvalue weighted by molar-refractivity contribution is 6.28. The minimum atomic E-state index is -0.308. The number of carbonyl (C=O) groups is 2. The van der Waals surface area contributed by atoms with Gasteiger partial charge in [-0.05, 0) is 54.8 Å². The fourth-order valence-corrected chi connectivity index (χ4v) is 4.95. The van der Waals surface area contributed by atoms with Crippen molar-refractivity contribution in [2.24, 2.45) is 0 Å². The molecule has 4 aromatic heterocycles. The Hall–Kier alpha value is -4.90. The molecule has 3 N–H and O–H groups in total. The Morgan fingerprint density at radius 2 is 1.82 bits per heavy atom. The van der Waals surface area contributed by atoms with E-state index in [0.29, 0.717) is 40.8 Å². The monoisotopic (exact) mass is 539 g/mol. The number of fused-ring (bicyclic) bond motifs is 1. The van der Waals surface area contributed by atoms with Crippen LogP contribution in [0.5, 0.6) is 0 Å². The van der Waals surface area contributed by atoms with Crippen LogP contribution in [0.4, 0.5) is 11.6 Å². The number of pyridine rings is 1. The Morgan fingerprint density at radius 3 is 2.59 bits per heavy atom. The number of aromatic nitrogens is 6. The van der Waals surface area contributed by atoms with Crippen molar-refractivity contribution in [3.63, 3.8) is 0 Å². The molecule has 2 amide bonds. The van der Waals surface area contributed by atoms with Crippen molar-refractivity contribution in [3.05, 3.63) is 95.7 Å². The number of rotatable bonds is 5. The van der Waals surface area contributed by atoms with Crippen LogP contribution in [0.15, 0.2) is 73.3 Å². The van der Waals surface area contributed by atoms with E-state index in [1.54, 1.807) is 59.9 Å². The predicted octanol–water partition coefficient (Wildman–Crippen LogP) is 4.05. The van der Waals surface area contributed by atoms with Gasteiger partial charge in [0.1, 0.15) is 34.4 Å². The Labute approximate surface area is 227 Å². The van der Waals surface area contributed by atoms with Gasteiger partial charge in [0.25, 0.3) is 11.8 Å². The number of benzene rings is 1. The van der Waals surface area contributed by atoms with E-state index in [1.807, 2.05) is 16.5 Å². The van der Waals surface area contributed by atoms with E-state index in [9.17, 15) is 9.59 Å². The molecule has 5 aromatic rings. The van der Waals surface area contributed by atoms with Gasteiger partial charge < -0.3 is 16.0 Å². The summed E-state index contributed by atoms with van der Waals surface area (Å²) >= 11 is 5.93. The van der Waals surface area contributed by atoms with Crippen molar-refractivity contribution in [3.8, 4) is 11.3 Å². The highest BCUT2D eigenvalue weighted by atomic mass is 35.5. The van der Waals surface area contributed by atoms with E-state index in [2.05, 4.69) is 25.3 Å². The molecule has 1 aliphatic rings. The number of nitrogen functional groups attached to an aromatic ring is 1. The molecule has 1 aromatic carbocycles. The molecule has 1 saturated heterocycles. The molecule has 12 heteroatoms. The van der Waals surface area contributed by atoms with Gasteiger partial charge in [0.05, 0.1) is 6.04 Å². The molecule has 6 rings (SSSR count). The summed E-state index contributed by atoms with van der Waals surface area (Å²) in [4.78, 5) is 49.1. The summed E-state index contributed by atoms with van der Waals surface area (Å²) in [5.41, 5.74) is 9.00. The van der Waals surface area contributed by atoms with E-state index in [4.69, 9.17) is 22.3 Å². The van der Waals surface area contributed by atoms with Crippen molar-refractivity contribution in [2.75, 3.05) is 17.6 Å². The second kappa shape index (κ2) is 10.1. The molecule has 194 valence electrons. The lowest BCUT2D eigenvalue weighted by Gasteiger charge is -2.23. The second-order valence-corrected chi connectivity index (χ2v) is 9.30. The van der Waals surface area contributed by atoms with Gasteiger partial charge in [-0.25, -0.2) is 24.9 Å². The molecule has 1 atom stereocenters. The molecule has 1 aliphatic heterocycles. The number of amides is 2. The molecule has 1 fully saturated rings. The van der Waals surface area contributed by atoms with E-state index in [-0.39, 0.29) is 28.8 Å². The third kappa shape index (κ3) is 4.64. The van der Waals surface area contributed by atoms with Gasteiger partial charge >= 0.3 is 0 Å². The van der Waals surface area contributed by atoms with Crippen molar-refractivity contribution in [1.82, 2.24) is 34.2 Å². The van der Waals surface area contributed by atoms with E-state index in [1.165, 1.54) is 6.20 Å². The smallest absolute Gasteiger partial charge is 0.273 e. The van der Waals surface area contributed by atoms with Crippen LogP contribution in [0, 0.1) is 0 Å². The first-order valence-electron chi connectivity index (χ1n) is 12.2. The lowest BCUT2D eigenvalue weighted by Crippen LogP contribution is -2.32. The molecule has 0 radical (unpaired) electrons. The van der Waals surface area contributed by atoms with Crippen LogP contribution in [-0.4, -0.2) is 52.6 Å². The predicted molar refractivity (Wildman–Crippen MR) is 145 cm³/mol. The Bertz CT molecular complexity index is 1690. The normalized spacial score (nSPS) is 15.0. The third-order valence-electron chi connectivity index (χ3n) is 6.59. The van der Waals surface area contributed by atoms with Crippen LogP contribution < -0.4 is 11.1 Å². The molecule has 0 aliphatic carbocycles. The summed E-state index contributed by atoms with van der Waals surface area (Å²) in [6.07, 6.45) is 7.99. The maximum atomic E-state index is 13.4. The summed E-state index contributed by atoms with van der Waals surface area (Å²) in [7, 11) is 0. The largest absolute Gasteiger partial charge is 0.382 e. The fourth-order valence-electron chi connectivity index (χ4n) is 4.81. The highest BCUT2D eigenvalue weighted by Crippen LogP contribution is 2.37. The van der Waals surface area contributed by atoms with Crippen LogP contribution in [0.1, 0.15) is 45.6 Å². The summed E-state index contributed by atoms with van der Waals surface area (Å²) in [6.45, 7) is 0.552. The number of imidazole rings is 1. The Kier molecular flexibility index (Phi) is 6.33. The lowest BCUT2D eigenvalue weighted by atomic mass is 10.1. The highest BCUT2D eigenvalue weighted by Gasteiger charge is 2.35. The van der Waals surface area contributed by atoms with Gasteiger partial charge in [0.2, 0.25) is 5.28 Å². The molecule has 0 saturated carbocycles. The van der Waals surface area contributed by atoms with Crippen molar-refractivity contribution in [2.45, 2.75) is 18.9 Å². The minimum Gasteiger partial charge on any atom is -0.382 e. The van der Waals surface area contributed by atoms with Gasteiger partial charge in [-0.3, -0.25) is 14.0 Å². The number of nitrogens with two attached hydrogens (primary N) is 1. The Morgan fingerprint density at radius 1 is 0.974 bits per heavy atom. The van der Waals surface area contributed by atoms with Gasteiger partial charge in [-0.1, -0.05) is 18.2 Å². The van der Waals surface area contributed by atoms with Crippen LogP contribution in [-0.2, 0) is 0 Å². The van der Waals surface area contributed by atoms with Gasteiger partial charge in [0, 0.05) is 42.5 Å². The van der Waals surface area contributed by atoms with Crippen molar-refractivity contribution >= 4 is 40.6 Å². The standard InChI is InChI=1S/C27H22ClN9O2/c28-27-32-12-10-18(33-27)26(39)36-14-3-4-19(36)24-35-21(22-23(29)31-13-15-37(22)24)16-6-8-17(9-7-16)25(38)34-20-5-1-2-11-30-20/h1-2,5-13,15,19H,3-4,14H2,(H2,29,31)(H,30,34,38)/t19-/m0/s1. The number of nitrogens with one attached hydrogen (secondary N) is 1. The summed E-state index contributed by atoms with van der Waals surface area (Å²) in [5, 5.41) is 2.79. The first-order valence-corrected chi connectivity index (χ1v) is 12.6. The van der Waals surface area contributed by atoms with E-state index < -0.39 is 0 Å². The summed E-state index contributed by atoms with van der Waals surface area (Å²) in [5.74, 6) is 0.918. The van der Waals surface area contributed by atoms with Gasteiger partial charge in [-0.2, -0.15) is 0 Å². The van der Waals surface area contributed by atoms with Crippen LogP contribution in [0.3, 0.4) is 0 Å². The number of likely N-dealkylation sites (tertiary alicyclic amines) is 1. The number of hydrogen-bond donors (Lipinski definition) is 2. The van der Waals surface area contributed by atoms with Crippen molar-refractivity contribution < 1.29 is 9.59 Å². The SMILES string of the molecule is Nc1nccn2c([C@@H]3CCCN3C(=O)c3ccnc(Cl)n3)nc(-c3ccc(C(=O)Nc4ccccn4)cc3)c12. The minimum absolute atomic E-state index is 0.0150. The zero-order chi connectivity index (χ0) is 26.9. The quantitative estimate of drug-likeness (QED) is 0.318. The maximum Gasteiger partial charge on any atom is 0.273 e. The van der Waals surface area contributed by atoms with E-state index in [0.717, 1.165) is 18.4 Å². The summed E-state index contributed by atoms with van der Waals surface area (Å²) in [6, 6.07) is 13.6. The van der Waals surface area contributed by atoms with Crippen LogP contribution in [0.2, 0.25) is 5.28 Å². The molecule has 0 unspecified atom stereocenters. The topological polar surface area (TPSA) is 144 Å². The average molecular weight is 540 g/mol. The zero-order valence-electron chi connectivity index (χ0n) is 20.5. The molecule has 0 spiro atoms. The second-order valence-electron chi connectivity index (χ2n) is 8.96. The molecule has 39 heavy (non-hydrogen) atoms. The van der Waals surface area contributed by atoms with Crippen LogP contribution >= 0.6 is 11.6 Å². The maximum absolute atomic E-state index is 13.4. The van der Waals surface area contributed by atoms with Crippen molar-refractivity contribution in [1.29, 1.82) is 0 Å². The first-order chi connectivity index (χ1) is 19.0. The molecular weight excluding hydrogens is 518 g/mol. The number of nitrogens with zero attached hydrogens (tertiary/aromatic N) is 7. The number of anilines is 2. The molecule has 0 bridgehead atoms. The van der Waals surface area contributed by atoms with Gasteiger partial charge in [0.15, 0.2) is 0 Å².